The van der Waals surface area contributed by atoms with Crippen LogP contribution < -0.4 is 15.0 Å². The van der Waals surface area contributed by atoms with Crippen LogP contribution in [0.25, 0.3) is 0 Å². The molecule has 0 unspecified atom stereocenters. The number of ether oxygens (including phenoxy) is 2. The van der Waals surface area contributed by atoms with Crippen LogP contribution in [0.15, 0.2) is 72.9 Å². The molecule has 2 aromatic carbocycles. The molecule has 1 saturated carbocycles. The minimum Gasteiger partial charge on any atom is -0.497 e. The number of hydrogen-bond acceptors (Lipinski definition) is 7. The molecule has 5 rings (SSSR count). The number of rotatable bonds is 11. The lowest BCUT2D eigenvalue weighted by Gasteiger charge is -2.53. The summed E-state index contributed by atoms with van der Waals surface area (Å²) in [5.74, 6) is -1.64. The Labute approximate surface area is 294 Å². The van der Waals surface area contributed by atoms with Crippen LogP contribution in [0.3, 0.4) is 0 Å². The number of likely N-dealkylation sites (tertiary alicyclic amines) is 1. The van der Waals surface area contributed by atoms with E-state index in [1.807, 2.05) is 25.1 Å². The van der Waals surface area contributed by atoms with Gasteiger partial charge in [-0.25, -0.2) is 24.3 Å². The SMILES string of the molecule is COc1ccc(CN(C(=O)OC(C)(C)C)c2cc(C[C@H]3C(=O)N(C(=O)N[C@H](C)C4CCCCC4)[C@]3(Cc3ccccc3)C(=O)O)ccn2)cc1. The number of carbonyl (C=O) groups is 4. The van der Waals surface area contributed by atoms with Gasteiger partial charge in [-0.1, -0.05) is 61.7 Å². The van der Waals surface area contributed by atoms with Gasteiger partial charge < -0.3 is 19.9 Å². The Morgan fingerprint density at radius 2 is 1.68 bits per heavy atom. The highest BCUT2D eigenvalue weighted by atomic mass is 16.6. The largest absolute Gasteiger partial charge is 0.497 e. The number of hydrogen-bond donors (Lipinski definition) is 2. The third-order valence-electron chi connectivity index (χ3n) is 9.73. The molecule has 50 heavy (non-hydrogen) atoms. The highest BCUT2D eigenvalue weighted by molar-refractivity contribution is 6.10. The lowest BCUT2D eigenvalue weighted by Crippen LogP contribution is -2.79. The summed E-state index contributed by atoms with van der Waals surface area (Å²) in [6.07, 6.45) is 6.17. The zero-order valence-corrected chi connectivity index (χ0v) is 29.6. The Bertz CT molecular complexity index is 1670. The van der Waals surface area contributed by atoms with Crippen molar-refractivity contribution in [2.24, 2.45) is 11.8 Å². The van der Waals surface area contributed by atoms with Crippen molar-refractivity contribution in [3.05, 3.63) is 89.6 Å². The molecule has 3 atom stereocenters. The molecule has 2 heterocycles. The maximum atomic E-state index is 13.9. The van der Waals surface area contributed by atoms with Crippen LogP contribution in [0.1, 0.15) is 76.5 Å². The van der Waals surface area contributed by atoms with Gasteiger partial charge >= 0.3 is 18.1 Å². The molecule has 1 aromatic heterocycles. The summed E-state index contributed by atoms with van der Waals surface area (Å²) in [6, 6.07) is 18.8. The van der Waals surface area contributed by atoms with E-state index in [1.165, 1.54) is 11.1 Å². The molecule has 0 bridgehead atoms. The number of nitrogens with one attached hydrogen (secondary N) is 1. The maximum Gasteiger partial charge on any atom is 0.416 e. The van der Waals surface area contributed by atoms with Gasteiger partial charge in [-0.05, 0) is 93.8 Å². The van der Waals surface area contributed by atoms with Gasteiger partial charge in [0.2, 0.25) is 5.91 Å². The number of aliphatic carboxylic acids is 1. The second-order valence-corrected chi connectivity index (χ2v) is 14.4. The van der Waals surface area contributed by atoms with E-state index in [-0.39, 0.29) is 37.2 Å². The number of imide groups is 1. The van der Waals surface area contributed by atoms with Gasteiger partial charge in [0.05, 0.1) is 19.6 Å². The summed E-state index contributed by atoms with van der Waals surface area (Å²) in [6.45, 7) is 7.39. The van der Waals surface area contributed by atoms with E-state index in [0.717, 1.165) is 42.6 Å². The molecule has 0 radical (unpaired) electrons. The highest BCUT2D eigenvalue weighted by Gasteiger charge is 2.67. The summed E-state index contributed by atoms with van der Waals surface area (Å²) >= 11 is 0. The number of carbonyl (C=O) groups excluding carboxylic acids is 3. The zero-order valence-electron chi connectivity index (χ0n) is 29.6. The van der Waals surface area contributed by atoms with Crippen LogP contribution in [0.4, 0.5) is 15.4 Å². The topological polar surface area (TPSA) is 138 Å². The Morgan fingerprint density at radius 3 is 2.30 bits per heavy atom. The maximum absolute atomic E-state index is 13.9. The second kappa shape index (κ2) is 15.3. The Morgan fingerprint density at radius 1 is 1.00 bits per heavy atom. The minimum absolute atomic E-state index is 0.0140. The van der Waals surface area contributed by atoms with Crippen molar-refractivity contribution >= 4 is 29.8 Å². The molecule has 0 spiro atoms. The molecule has 2 aliphatic rings. The quantitative estimate of drug-likeness (QED) is 0.211. The smallest absolute Gasteiger partial charge is 0.416 e. The predicted octanol–water partition coefficient (Wildman–Crippen LogP) is 6.78. The number of β-lactam (4-membered cyclic amide) rings is 1. The third-order valence-corrected chi connectivity index (χ3v) is 9.73. The number of carboxylic acids is 1. The fraction of sp³-hybridized carbons (Fsp3) is 0.462. The van der Waals surface area contributed by atoms with Gasteiger partial charge in [-0.15, -0.1) is 0 Å². The summed E-state index contributed by atoms with van der Waals surface area (Å²) in [4.78, 5) is 61.4. The molecular weight excluding hydrogens is 636 g/mol. The number of nitrogens with zero attached hydrogens (tertiary/aromatic N) is 3. The predicted molar refractivity (Wildman–Crippen MR) is 189 cm³/mol. The van der Waals surface area contributed by atoms with Gasteiger partial charge in [0.25, 0.3) is 0 Å². The standard InChI is InChI=1S/C39H48N4O7/c1-26(30-14-10-7-11-15-30)41-36(47)43-34(44)32(39(43,35(45)46)24-27-12-8-6-9-13-27)22-29-20-21-40-33(23-29)42(37(48)50-38(2,3)4)25-28-16-18-31(49-5)19-17-28/h6,8-9,12-13,16-21,23,26,30,32H,7,10-11,14-15,22,24-25H2,1-5H3,(H,41,47)(H,45,46)/t26-,32+,39+/m1/s1. The van der Waals surface area contributed by atoms with Crippen molar-refractivity contribution < 1.29 is 33.8 Å². The molecule has 11 nitrogen and oxygen atoms in total. The van der Waals surface area contributed by atoms with Crippen molar-refractivity contribution in [2.45, 2.75) is 96.4 Å². The number of carboxylic acid groups (broad SMARTS) is 1. The van der Waals surface area contributed by atoms with E-state index in [9.17, 15) is 24.3 Å². The summed E-state index contributed by atoms with van der Waals surface area (Å²) in [5, 5.41) is 13.8. The van der Waals surface area contributed by atoms with Crippen LogP contribution in [-0.4, -0.2) is 63.3 Å². The Balaban J connectivity index is 1.45. The molecule has 1 saturated heterocycles. The molecule has 4 amide bonds. The van der Waals surface area contributed by atoms with Gasteiger partial charge in [-0.3, -0.25) is 9.69 Å². The van der Waals surface area contributed by atoms with E-state index in [1.54, 1.807) is 76.4 Å². The van der Waals surface area contributed by atoms with Crippen molar-refractivity contribution in [2.75, 3.05) is 12.0 Å². The van der Waals surface area contributed by atoms with Crippen LogP contribution in [0, 0.1) is 11.8 Å². The molecule has 2 N–H and O–H groups in total. The van der Waals surface area contributed by atoms with E-state index in [2.05, 4.69) is 10.3 Å². The van der Waals surface area contributed by atoms with Crippen LogP contribution in [0.5, 0.6) is 5.75 Å². The van der Waals surface area contributed by atoms with Gasteiger partial charge in [0.15, 0.2) is 5.54 Å². The van der Waals surface area contributed by atoms with Crippen molar-refractivity contribution in [1.82, 2.24) is 15.2 Å². The molecular formula is C39H48N4O7. The third kappa shape index (κ3) is 8.09. The normalized spacial score (nSPS) is 20.0. The Hall–Kier alpha value is -4.93. The average Bonchev–Trinajstić information content (AvgIpc) is 3.09. The average molecular weight is 685 g/mol. The number of urea groups is 1. The fourth-order valence-electron chi connectivity index (χ4n) is 7.07. The first-order chi connectivity index (χ1) is 23.8. The van der Waals surface area contributed by atoms with Crippen LogP contribution in [0.2, 0.25) is 0 Å². The van der Waals surface area contributed by atoms with Crippen LogP contribution in [-0.2, 0) is 33.7 Å². The number of benzene rings is 2. The first-order valence-corrected chi connectivity index (χ1v) is 17.3. The van der Waals surface area contributed by atoms with Crippen molar-refractivity contribution in [3.8, 4) is 5.75 Å². The second-order valence-electron chi connectivity index (χ2n) is 14.4. The first-order valence-electron chi connectivity index (χ1n) is 17.3. The Kier molecular flexibility index (Phi) is 11.1. The fourth-order valence-corrected chi connectivity index (χ4v) is 7.07. The highest BCUT2D eigenvalue weighted by Crippen LogP contribution is 2.44. The summed E-state index contributed by atoms with van der Waals surface area (Å²) in [7, 11) is 1.58. The van der Waals surface area contributed by atoms with E-state index in [4.69, 9.17) is 9.47 Å². The monoisotopic (exact) mass is 684 g/mol. The molecule has 3 aromatic rings. The number of amides is 4. The van der Waals surface area contributed by atoms with Gasteiger partial charge in [0, 0.05) is 18.7 Å². The van der Waals surface area contributed by atoms with E-state index >= 15 is 0 Å². The van der Waals surface area contributed by atoms with E-state index in [0.29, 0.717) is 16.9 Å². The molecule has 1 aliphatic heterocycles. The van der Waals surface area contributed by atoms with Crippen molar-refractivity contribution in [3.63, 3.8) is 0 Å². The molecule has 1 aliphatic carbocycles. The minimum atomic E-state index is -1.83. The molecule has 266 valence electrons. The van der Waals surface area contributed by atoms with Crippen molar-refractivity contribution in [1.29, 1.82) is 0 Å². The number of aromatic nitrogens is 1. The van der Waals surface area contributed by atoms with Gasteiger partial charge in [0.1, 0.15) is 17.2 Å². The number of pyridine rings is 1. The van der Waals surface area contributed by atoms with E-state index < -0.39 is 41.1 Å². The molecule has 11 heteroatoms. The summed E-state index contributed by atoms with van der Waals surface area (Å²) < 4.78 is 11.0. The molecule has 2 fully saturated rings. The lowest BCUT2D eigenvalue weighted by molar-refractivity contribution is -0.181. The number of methoxy groups -OCH3 is 1. The van der Waals surface area contributed by atoms with Gasteiger partial charge in [-0.2, -0.15) is 0 Å². The lowest BCUT2D eigenvalue weighted by atomic mass is 9.67. The number of anilines is 1. The first kappa shape index (κ1) is 36.4. The summed E-state index contributed by atoms with van der Waals surface area (Å²) in [5.41, 5.74) is -0.522. The van der Waals surface area contributed by atoms with Crippen LogP contribution >= 0.6 is 0 Å². The zero-order chi connectivity index (χ0) is 36.1.